The number of hydrogen-bond acceptors (Lipinski definition) is 11. The summed E-state index contributed by atoms with van der Waals surface area (Å²) in [6.45, 7) is 15.5. The van der Waals surface area contributed by atoms with Gasteiger partial charge >= 0.3 is 18.2 Å². The predicted octanol–water partition coefficient (Wildman–Crippen LogP) is 5.01. The Hall–Kier alpha value is -4.27. The molecule has 1 aromatic carbocycles. The SMILES string of the molecule is CCN(Cc1nc2c(N)nc3ccccc3c2n1CCCNC(=O)[C@H](CSCCCOC(C)=O)NC(=O)OC(C)(C)C)C(=O)OC(C)(C)C. The van der Waals surface area contributed by atoms with Crippen LogP contribution in [0.4, 0.5) is 15.4 Å². The fourth-order valence-electron chi connectivity index (χ4n) is 4.85. The largest absolute Gasteiger partial charge is 0.466 e. The highest BCUT2D eigenvalue weighted by atomic mass is 32.2. The van der Waals surface area contributed by atoms with E-state index in [1.807, 2.05) is 56.5 Å². The number of nitrogens with two attached hydrogens (primary N) is 1. The molecule has 270 valence electrons. The van der Waals surface area contributed by atoms with Crippen molar-refractivity contribution in [3.63, 3.8) is 0 Å². The second kappa shape index (κ2) is 17.4. The minimum Gasteiger partial charge on any atom is -0.466 e. The molecule has 49 heavy (non-hydrogen) atoms. The minimum absolute atomic E-state index is 0.177. The van der Waals surface area contributed by atoms with Crippen molar-refractivity contribution in [2.45, 2.75) is 98.6 Å². The van der Waals surface area contributed by atoms with Gasteiger partial charge in [0.2, 0.25) is 5.91 Å². The lowest BCUT2D eigenvalue weighted by atomic mass is 10.2. The number of carbonyl (C=O) groups excluding carboxylic acids is 4. The van der Waals surface area contributed by atoms with E-state index in [4.69, 9.17) is 24.9 Å². The van der Waals surface area contributed by atoms with Gasteiger partial charge in [0.1, 0.15) is 28.6 Å². The number of amides is 3. The first-order valence-electron chi connectivity index (χ1n) is 16.5. The number of alkyl carbamates (subject to hydrolysis) is 1. The normalized spacial score (nSPS) is 12.4. The quantitative estimate of drug-likeness (QED) is 0.110. The number of aromatic nitrogens is 3. The number of carbonyl (C=O) groups is 4. The van der Waals surface area contributed by atoms with Crippen LogP contribution in [0.25, 0.3) is 21.9 Å². The summed E-state index contributed by atoms with van der Waals surface area (Å²) >= 11 is 1.46. The number of ether oxygens (including phenoxy) is 3. The van der Waals surface area contributed by atoms with Crippen molar-refractivity contribution in [3.8, 4) is 0 Å². The number of para-hydroxylation sites is 1. The number of rotatable bonds is 15. The van der Waals surface area contributed by atoms with Crippen LogP contribution >= 0.6 is 11.8 Å². The van der Waals surface area contributed by atoms with Crippen LogP contribution in [0.5, 0.6) is 0 Å². The van der Waals surface area contributed by atoms with E-state index in [1.54, 1.807) is 25.7 Å². The summed E-state index contributed by atoms with van der Waals surface area (Å²) in [5.41, 5.74) is 7.03. The number of benzene rings is 1. The molecular weight excluding hydrogens is 650 g/mol. The summed E-state index contributed by atoms with van der Waals surface area (Å²) in [5.74, 6) is 1.13. The minimum atomic E-state index is -0.847. The Bertz CT molecular complexity index is 1610. The van der Waals surface area contributed by atoms with E-state index < -0.39 is 29.4 Å². The lowest BCUT2D eigenvalue weighted by molar-refractivity contribution is -0.140. The van der Waals surface area contributed by atoms with Gasteiger partial charge in [-0.25, -0.2) is 19.6 Å². The fraction of sp³-hybridized carbons (Fsp3) is 0.588. The molecule has 0 saturated heterocycles. The van der Waals surface area contributed by atoms with Crippen LogP contribution in [0.3, 0.4) is 0 Å². The van der Waals surface area contributed by atoms with Gasteiger partial charge in [0.05, 0.1) is 24.2 Å². The summed E-state index contributed by atoms with van der Waals surface area (Å²) < 4.78 is 18.0. The average molecular weight is 702 g/mol. The number of nitrogens with one attached hydrogen (secondary N) is 2. The van der Waals surface area contributed by atoms with Crippen LogP contribution in [0.1, 0.15) is 74.1 Å². The molecule has 0 aliphatic carbocycles. The van der Waals surface area contributed by atoms with Gasteiger partial charge in [-0.05, 0) is 73.1 Å². The third kappa shape index (κ3) is 12.3. The van der Waals surface area contributed by atoms with Crippen molar-refractivity contribution in [2.24, 2.45) is 0 Å². The van der Waals surface area contributed by atoms with Gasteiger partial charge in [0, 0.05) is 37.7 Å². The van der Waals surface area contributed by atoms with E-state index in [2.05, 4.69) is 15.6 Å². The number of nitrogen functional groups attached to an aromatic ring is 1. The fourth-order valence-corrected chi connectivity index (χ4v) is 5.81. The molecule has 3 aromatic rings. The number of imidazole rings is 1. The summed E-state index contributed by atoms with van der Waals surface area (Å²) in [6.07, 6.45) is -0.0194. The Balaban J connectivity index is 1.78. The number of hydrogen-bond donors (Lipinski definition) is 3. The summed E-state index contributed by atoms with van der Waals surface area (Å²) in [7, 11) is 0. The first-order chi connectivity index (χ1) is 23.0. The molecule has 0 aliphatic rings. The maximum Gasteiger partial charge on any atom is 0.410 e. The molecule has 2 aromatic heterocycles. The monoisotopic (exact) mass is 701 g/mol. The second-order valence-corrected chi connectivity index (χ2v) is 14.6. The Morgan fingerprint density at radius 3 is 2.37 bits per heavy atom. The van der Waals surface area contributed by atoms with Gasteiger partial charge in [0.15, 0.2) is 5.82 Å². The van der Waals surface area contributed by atoms with Gasteiger partial charge in [0.25, 0.3) is 0 Å². The lowest BCUT2D eigenvalue weighted by Crippen LogP contribution is -2.49. The third-order valence-electron chi connectivity index (χ3n) is 6.94. The number of anilines is 1. The Kier molecular flexibility index (Phi) is 13.9. The first-order valence-corrected chi connectivity index (χ1v) is 17.6. The van der Waals surface area contributed by atoms with Crippen LogP contribution in [0, 0.1) is 0 Å². The van der Waals surface area contributed by atoms with Crippen LogP contribution < -0.4 is 16.4 Å². The zero-order valence-electron chi connectivity index (χ0n) is 29.9. The van der Waals surface area contributed by atoms with Crippen molar-refractivity contribution >= 4 is 63.6 Å². The Labute approximate surface area is 292 Å². The highest BCUT2D eigenvalue weighted by Gasteiger charge is 2.26. The van der Waals surface area contributed by atoms with Crippen LogP contribution in [-0.2, 0) is 36.9 Å². The Morgan fingerprint density at radius 2 is 1.71 bits per heavy atom. The zero-order valence-corrected chi connectivity index (χ0v) is 30.7. The molecule has 3 rings (SSSR count). The second-order valence-electron chi connectivity index (χ2n) is 13.5. The van der Waals surface area contributed by atoms with E-state index in [9.17, 15) is 19.2 Å². The van der Waals surface area contributed by atoms with Crippen molar-refractivity contribution in [1.82, 2.24) is 30.1 Å². The first kappa shape index (κ1) is 39.2. The smallest absolute Gasteiger partial charge is 0.410 e. The number of aryl methyl sites for hydroxylation is 1. The van der Waals surface area contributed by atoms with Crippen molar-refractivity contribution < 1.29 is 33.4 Å². The van der Waals surface area contributed by atoms with Crippen LogP contribution in [-0.4, -0.2) is 91.9 Å². The molecular formula is C34H51N7O7S. The summed E-state index contributed by atoms with van der Waals surface area (Å²) in [5, 5.41) is 6.49. The molecule has 2 heterocycles. The van der Waals surface area contributed by atoms with Crippen molar-refractivity contribution in [2.75, 3.05) is 36.9 Å². The standard InChI is InChI=1S/C34H51N7O7S/c1-9-40(32(45)48-34(6,7)8)20-26-39-27-28(23-14-10-11-15-24(23)37-29(27)35)41(26)17-12-16-36-30(43)25(38-31(44)47-33(3,4)5)21-49-19-13-18-46-22(2)42/h10-11,14-15,25H,9,12-13,16-21H2,1-8H3,(H2,35,37)(H,36,43)(H,38,44)/t25-/m0/s1. The molecule has 15 heteroatoms. The molecule has 0 spiro atoms. The van der Waals surface area contributed by atoms with Crippen molar-refractivity contribution in [1.29, 1.82) is 0 Å². The van der Waals surface area contributed by atoms with E-state index >= 15 is 0 Å². The van der Waals surface area contributed by atoms with Gasteiger partial charge in [-0.3, -0.25) is 9.59 Å². The number of pyridine rings is 1. The molecule has 0 bridgehead atoms. The maximum atomic E-state index is 13.3. The zero-order chi connectivity index (χ0) is 36.4. The van der Waals surface area contributed by atoms with E-state index in [0.29, 0.717) is 55.3 Å². The lowest BCUT2D eigenvalue weighted by Gasteiger charge is -2.26. The summed E-state index contributed by atoms with van der Waals surface area (Å²) in [6, 6.07) is 6.80. The molecule has 0 radical (unpaired) electrons. The third-order valence-corrected chi connectivity index (χ3v) is 8.09. The number of nitrogens with zero attached hydrogens (tertiary/aromatic N) is 4. The predicted molar refractivity (Wildman–Crippen MR) is 191 cm³/mol. The van der Waals surface area contributed by atoms with Gasteiger partial charge in [-0.2, -0.15) is 11.8 Å². The molecule has 0 unspecified atom stereocenters. The molecule has 4 N–H and O–H groups in total. The molecule has 1 atom stereocenters. The number of thioether (sulfide) groups is 1. The van der Waals surface area contributed by atoms with Crippen LogP contribution in [0.2, 0.25) is 0 Å². The molecule has 14 nitrogen and oxygen atoms in total. The number of fused-ring (bicyclic) bond motifs is 3. The number of esters is 1. The molecule has 3 amide bonds. The topological polar surface area (TPSA) is 180 Å². The highest BCUT2D eigenvalue weighted by molar-refractivity contribution is 7.99. The average Bonchev–Trinajstić information content (AvgIpc) is 3.35. The molecule has 0 aliphatic heterocycles. The van der Waals surface area contributed by atoms with Crippen molar-refractivity contribution in [3.05, 3.63) is 30.1 Å². The Morgan fingerprint density at radius 1 is 1.02 bits per heavy atom. The molecule has 0 fully saturated rings. The van der Waals surface area contributed by atoms with E-state index in [0.717, 1.165) is 16.4 Å². The van der Waals surface area contributed by atoms with E-state index in [-0.39, 0.29) is 30.8 Å². The van der Waals surface area contributed by atoms with Gasteiger partial charge in [-0.15, -0.1) is 0 Å². The van der Waals surface area contributed by atoms with Gasteiger partial charge in [-0.1, -0.05) is 18.2 Å². The van der Waals surface area contributed by atoms with Crippen LogP contribution in [0.15, 0.2) is 24.3 Å². The maximum absolute atomic E-state index is 13.3. The summed E-state index contributed by atoms with van der Waals surface area (Å²) in [4.78, 5) is 60.9. The highest BCUT2D eigenvalue weighted by Crippen LogP contribution is 2.29. The van der Waals surface area contributed by atoms with Gasteiger partial charge < -0.3 is 40.0 Å². The van der Waals surface area contributed by atoms with E-state index in [1.165, 1.54) is 18.7 Å². The molecule has 0 saturated carbocycles.